The molecule has 2 N–H and O–H groups in total. The summed E-state index contributed by atoms with van der Waals surface area (Å²) in [4.78, 5) is 2.54. The smallest absolute Gasteiger partial charge is 0.0445 e. The van der Waals surface area contributed by atoms with Crippen LogP contribution in [-0.2, 0) is 6.54 Å². The van der Waals surface area contributed by atoms with Gasteiger partial charge in [0.2, 0.25) is 0 Å². The Labute approximate surface area is 123 Å². The number of hydrogen-bond acceptors (Lipinski definition) is 3. The van der Waals surface area contributed by atoms with Crippen LogP contribution in [0.2, 0.25) is 0 Å². The fourth-order valence-electron chi connectivity index (χ4n) is 3.07. The summed E-state index contributed by atoms with van der Waals surface area (Å²) in [6.07, 6.45) is 4.48. The van der Waals surface area contributed by atoms with Crippen LogP contribution in [-0.4, -0.2) is 41.8 Å². The number of aliphatic hydroxyl groups is 1. The molecular formula is C17H28N2O. The average molecular weight is 276 g/mol. The number of piperidine rings is 1. The first-order valence-electron chi connectivity index (χ1n) is 7.95. The third-order valence-electron chi connectivity index (χ3n) is 4.20. The first kappa shape index (κ1) is 15.5. The minimum atomic E-state index is 0.284. The maximum atomic E-state index is 9.09. The quantitative estimate of drug-likeness (QED) is 0.803. The maximum Gasteiger partial charge on any atom is 0.0445 e. The number of nitrogens with zero attached hydrogens (tertiary/aromatic N) is 1. The zero-order valence-corrected chi connectivity index (χ0v) is 12.6. The van der Waals surface area contributed by atoms with E-state index in [0.717, 1.165) is 25.9 Å². The van der Waals surface area contributed by atoms with Gasteiger partial charge in [0.25, 0.3) is 0 Å². The third-order valence-corrected chi connectivity index (χ3v) is 4.20. The van der Waals surface area contributed by atoms with E-state index in [1.54, 1.807) is 0 Å². The van der Waals surface area contributed by atoms with E-state index in [1.807, 2.05) is 0 Å². The Kier molecular flexibility index (Phi) is 6.51. The monoisotopic (exact) mass is 276 g/mol. The van der Waals surface area contributed by atoms with Crippen LogP contribution < -0.4 is 5.32 Å². The fraction of sp³-hybridized carbons (Fsp3) is 0.647. The molecule has 2 rings (SSSR count). The van der Waals surface area contributed by atoms with Crippen LogP contribution in [0.25, 0.3) is 0 Å². The lowest BCUT2D eigenvalue weighted by molar-refractivity contribution is 0.168. The molecule has 2 unspecified atom stereocenters. The van der Waals surface area contributed by atoms with E-state index in [4.69, 9.17) is 5.11 Å². The van der Waals surface area contributed by atoms with Crippen molar-refractivity contribution in [3.05, 3.63) is 35.9 Å². The van der Waals surface area contributed by atoms with Crippen molar-refractivity contribution in [2.45, 2.75) is 51.2 Å². The Morgan fingerprint density at radius 2 is 2.15 bits per heavy atom. The number of likely N-dealkylation sites (tertiary alicyclic amines) is 1. The Bertz CT molecular complexity index is 369. The van der Waals surface area contributed by atoms with Gasteiger partial charge in [-0.25, -0.2) is 0 Å². The van der Waals surface area contributed by atoms with Crippen LogP contribution in [0.1, 0.15) is 38.2 Å². The predicted molar refractivity (Wildman–Crippen MR) is 83.7 cm³/mol. The van der Waals surface area contributed by atoms with Gasteiger partial charge in [-0.05, 0) is 37.8 Å². The molecule has 112 valence electrons. The Balaban J connectivity index is 1.82. The van der Waals surface area contributed by atoms with Crippen molar-refractivity contribution in [1.82, 2.24) is 10.2 Å². The zero-order valence-electron chi connectivity index (χ0n) is 12.6. The van der Waals surface area contributed by atoms with Crippen LogP contribution in [0.15, 0.2) is 30.3 Å². The molecule has 1 saturated heterocycles. The summed E-state index contributed by atoms with van der Waals surface area (Å²) >= 11 is 0. The largest absolute Gasteiger partial charge is 0.396 e. The molecule has 0 aliphatic carbocycles. The number of benzene rings is 1. The standard InChI is InChI=1S/C17H28N2O/c1-2-16(10-12-20)18-17-9-6-11-19(14-17)13-15-7-4-3-5-8-15/h3-5,7-8,16-18,20H,2,6,9-14H2,1H3. The molecule has 2 atom stereocenters. The minimum absolute atomic E-state index is 0.284. The van der Waals surface area contributed by atoms with Crippen molar-refractivity contribution in [3.8, 4) is 0 Å². The Morgan fingerprint density at radius 1 is 1.35 bits per heavy atom. The first-order valence-corrected chi connectivity index (χ1v) is 7.95. The molecule has 1 heterocycles. The molecule has 1 aromatic rings. The molecule has 1 aliphatic rings. The summed E-state index contributed by atoms with van der Waals surface area (Å²) in [6.45, 7) is 5.85. The summed E-state index contributed by atoms with van der Waals surface area (Å²) in [6, 6.07) is 11.7. The number of nitrogens with one attached hydrogen (secondary N) is 1. The van der Waals surface area contributed by atoms with Gasteiger partial charge in [-0.2, -0.15) is 0 Å². The molecule has 1 aromatic carbocycles. The molecule has 0 amide bonds. The summed E-state index contributed by atoms with van der Waals surface area (Å²) in [7, 11) is 0. The fourth-order valence-corrected chi connectivity index (χ4v) is 3.07. The van der Waals surface area contributed by atoms with Gasteiger partial charge in [-0.15, -0.1) is 0 Å². The lowest BCUT2D eigenvalue weighted by Crippen LogP contribution is -2.48. The van der Waals surface area contributed by atoms with Crippen LogP contribution in [0.4, 0.5) is 0 Å². The lowest BCUT2D eigenvalue weighted by atomic mass is 10.0. The van der Waals surface area contributed by atoms with E-state index >= 15 is 0 Å². The van der Waals surface area contributed by atoms with Gasteiger partial charge < -0.3 is 10.4 Å². The molecular weight excluding hydrogens is 248 g/mol. The van der Waals surface area contributed by atoms with Crippen molar-refractivity contribution in [2.24, 2.45) is 0 Å². The van der Waals surface area contributed by atoms with Crippen LogP contribution in [0.5, 0.6) is 0 Å². The number of aliphatic hydroxyl groups excluding tert-OH is 1. The van der Waals surface area contributed by atoms with Crippen LogP contribution in [0, 0.1) is 0 Å². The molecule has 3 heteroatoms. The summed E-state index contributed by atoms with van der Waals surface area (Å²) < 4.78 is 0. The highest BCUT2D eigenvalue weighted by Crippen LogP contribution is 2.15. The predicted octanol–water partition coefficient (Wildman–Crippen LogP) is 2.40. The van der Waals surface area contributed by atoms with Gasteiger partial charge in [0.1, 0.15) is 0 Å². The SMILES string of the molecule is CCC(CCO)NC1CCCN(Cc2ccccc2)C1. The molecule has 0 saturated carbocycles. The average Bonchev–Trinajstić information content (AvgIpc) is 2.48. The number of hydrogen-bond donors (Lipinski definition) is 2. The normalized spacial score (nSPS) is 21.8. The highest BCUT2D eigenvalue weighted by Gasteiger charge is 2.21. The molecule has 20 heavy (non-hydrogen) atoms. The Morgan fingerprint density at radius 3 is 2.85 bits per heavy atom. The van der Waals surface area contributed by atoms with Gasteiger partial charge in [0, 0.05) is 31.8 Å². The second-order valence-electron chi connectivity index (χ2n) is 5.84. The van der Waals surface area contributed by atoms with E-state index in [9.17, 15) is 0 Å². The van der Waals surface area contributed by atoms with E-state index in [-0.39, 0.29) is 6.61 Å². The highest BCUT2D eigenvalue weighted by molar-refractivity contribution is 5.14. The van der Waals surface area contributed by atoms with Crippen molar-refractivity contribution in [1.29, 1.82) is 0 Å². The van der Waals surface area contributed by atoms with Crippen molar-refractivity contribution < 1.29 is 5.11 Å². The topological polar surface area (TPSA) is 35.5 Å². The van der Waals surface area contributed by atoms with Gasteiger partial charge in [-0.3, -0.25) is 4.90 Å². The van der Waals surface area contributed by atoms with Crippen LogP contribution in [0.3, 0.4) is 0 Å². The van der Waals surface area contributed by atoms with Crippen LogP contribution >= 0.6 is 0 Å². The van der Waals surface area contributed by atoms with Gasteiger partial charge in [0.15, 0.2) is 0 Å². The molecule has 0 spiro atoms. The second-order valence-corrected chi connectivity index (χ2v) is 5.84. The van der Waals surface area contributed by atoms with Crippen molar-refractivity contribution in [3.63, 3.8) is 0 Å². The second kappa shape index (κ2) is 8.40. The molecule has 1 aliphatic heterocycles. The molecule has 0 aromatic heterocycles. The van der Waals surface area contributed by atoms with Gasteiger partial charge in [-0.1, -0.05) is 37.3 Å². The minimum Gasteiger partial charge on any atom is -0.396 e. The maximum absolute atomic E-state index is 9.09. The third kappa shape index (κ3) is 4.89. The molecule has 0 radical (unpaired) electrons. The molecule has 0 bridgehead atoms. The Hall–Kier alpha value is -0.900. The molecule has 3 nitrogen and oxygen atoms in total. The lowest BCUT2D eigenvalue weighted by Gasteiger charge is -2.35. The van der Waals surface area contributed by atoms with Gasteiger partial charge >= 0.3 is 0 Å². The van der Waals surface area contributed by atoms with E-state index in [1.165, 1.54) is 24.9 Å². The number of rotatable bonds is 7. The zero-order chi connectivity index (χ0) is 14.2. The van der Waals surface area contributed by atoms with E-state index in [2.05, 4.69) is 47.5 Å². The van der Waals surface area contributed by atoms with Gasteiger partial charge in [0.05, 0.1) is 0 Å². The summed E-state index contributed by atoms with van der Waals surface area (Å²) in [5.41, 5.74) is 1.40. The first-order chi connectivity index (χ1) is 9.81. The summed E-state index contributed by atoms with van der Waals surface area (Å²) in [5, 5.41) is 12.8. The van der Waals surface area contributed by atoms with E-state index in [0.29, 0.717) is 12.1 Å². The molecule has 1 fully saturated rings. The highest BCUT2D eigenvalue weighted by atomic mass is 16.3. The van der Waals surface area contributed by atoms with Crippen molar-refractivity contribution in [2.75, 3.05) is 19.7 Å². The van der Waals surface area contributed by atoms with E-state index < -0.39 is 0 Å². The van der Waals surface area contributed by atoms with Crippen molar-refractivity contribution >= 4 is 0 Å². The summed E-state index contributed by atoms with van der Waals surface area (Å²) in [5.74, 6) is 0.